The Labute approximate surface area is 124 Å². The monoisotopic (exact) mass is 345 g/mol. The van der Waals surface area contributed by atoms with Crippen molar-refractivity contribution in [1.82, 2.24) is 4.90 Å². The van der Waals surface area contributed by atoms with Gasteiger partial charge in [-0.2, -0.15) is 0 Å². The second-order valence-electron chi connectivity index (χ2n) is 4.83. The standard InChI is InChI=1S/C13H16BrNO3S/c1-8(10-4-5-11(14)19-10)12(16)15-6-2-3-9(7-15)13(17)18/h4-5,8-9H,2-3,6-7H2,1H3,(H,17,18)/t8?,9-/m0/s1. The molecule has 0 saturated carbocycles. The molecule has 0 aromatic carbocycles. The van der Waals surface area contributed by atoms with E-state index in [1.54, 1.807) is 16.2 Å². The molecule has 2 rings (SSSR count). The lowest BCUT2D eigenvalue weighted by atomic mass is 9.96. The lowest BCUT2D eigenvalue weighted by Gasteiger charge is -2.32. The van der Waals surface area contributed by atoms with Crippen LogP contribution in [0.25, 0.3) is 0 Å². The molecule has 1 aliphatic rings. The minimum atomic E-state index is -0.802. The second-order valence-corrected chi connectivity index (χ2v) is 7.32. The molecule has 1 aromatic rings. The zero-order valence-corrected chi connectivity index (χ0v) is 13.0. The van der Waals surface area contributed by atoms with Crippen LogP contribution in [0.1, 0.15) is 30.6 Å². The largest absolute Gasteiger partial charge is 0.481 e. The van der Waals surface area contributed by atoms with Crippen molar-refractivity contribution in [2.24, 2.45) is 5.92 Å². The summed E-state index contributed by atoms with van der Waals surface area (Å²) in [6, 6.07) is 3.87. The Kier molecular flexibility index (Phi) is 4.62. The first-order chi connectivity index (χ1) is 8.99. The van der Waals surface area contributed by atoms with E-state index < -0.39 is 11.9 Å². The van der Waals surface area contributed by atoms with Crippen LogP contribution in [0.15, 0.2) is 15.9 Å². The Hall–Kier alpha value is -0.880. The molecule has 1 amide bonds. The average Bonchev–Trinajstić information content (AvgIpc) is 2.84. The van der Waals surface area contributed by atoms with E-state index in [9.17, 15) is 9.59 Å². The summed E-state index contributed by atoms with van der Waals surface area (Å²) in [7, 11) is 0. The van der Waals surface area contributed by atoms with Gasteiger partial charge in [0.15, 0.2) is 0 Å². The van der Waals surface area contributed by atoms with Crippen LogP contribution in [-0.2, 0) is 9.59 Å². The Balaban J connectivity index is 2.04. The molecule has 1 unspecified atom stereocenters. The van der Waals surface area contributed by atoms with Crippen molar-refractivity contribution in [3.05, 3.63) is 20.8 Å². The number of piperidine rings is 1. The Morgan fingerprint density at radius 1 is 1.53 bits per heavy atom. The van der Waals surface area contributed by atoms with Gasteiger partial charge in [0.2, 0.25) is 5.91 Å². The fourth-order valence-corrected chi connectivity index (χ4v) is 3.80. The number of carboxylic acid groups (broad SMARTS) is 1. The van der Waals surface area contributed by atoms with Crippen LogP contribution in [-0.4, -0.2) is 35.0 Å². The third-order valence-electron chi connectivity index (χ3n) is 3.47. The van der Waals surface area contributed by atoms with Gasteiger partial charge in [0.1, 0.15) is 0 Å². The van der Waals surface area contributed by atoms with Gasteiger partial charge in [-0.05, 0) is 47.8 Å². The highest BCUT2D eigenvalue weighted by Crippen LogP contribution is 2.30. The number of rotatable bonds is 3. The molecule has 1 N–H and O–H groups in total. The smallest absolute Gasteiger partial charge is 0.308 e. The first-order valence-corrected chi connectivity index (χ1v) is 7.87. The van der Waals surface area contributed by atoms with Gasteiger partial charge in [0.05, 0.1) is 15.6 Å². The van der Waals surface area contributed by atoms with E-state index in [1.807, 2.05) is 19.1 Å². The van der Waals surface area contributed by atoms with Crippen molar-refractivity contribution < 1.29 is 14.7 Å². The summed E-state index contributed by atoms with van der Waals surface area (Å²) in [5, 5.41) is 9.05. The molecule has 1 aromatic heterocycles. The van der Waals surface area contributed by atoms with Gasteiger partial charge in [-0.1, -0.05) is 0 Å². The molecule has 104 valence electrons. The molecule has 0 radical (unpaired) electrons. The fraction of sp³-hybridized carbons (Fsp3) is 0.538. The van der Waals surface area contributed by atoms with E-state index >= 15 is 0 Å². The Morgan fingerprint density at radius 3 is 2.84 bits per heavy atom. The van der Waals surface area contributed by atoms with Gasteiger partial charge in [-0.25, -0.2) is 0 Å². The van der Waals surface area contributed by atoms with Crippen LogP contribution >= 0.6 is 27.3 Å². The van der Waals surface area contributed by atoms with Crippen LogP contribution in [0.4, 0.5) is 0 Å². The number of carboxylic acids is 1. The third kappa shape index (κ3) is 3.36. The summed E-state index contributed by atoms with van der Waals surface area (Å²) in [5.41, 5.74) is 0. The fourth-order valence-electron chi connectivity index (χ4n) is 2.34. The number of hydrogen-bond donors (Lipinski definition) is 1. The lowest BCUT2D eigenvalue weighted by molar-refractivity contribution is -0.146. The predicted molar refractivity (Wildman–Crippen MR) is 77.4 cm³/mol. The molecule has 1 aliphatic heterocycles. The maximum atomic E-state index is 12.4. The maximum absolute atomic E-state index is 12.4. The number of halogens is 1. The van der Waals surface area contributed by atoms with E-state index in [2.05, 4.69) is 15.9 Å². The summed E-state index contributed by atoms with van der Waals surface area (Å²) in [6.45, 7) is 2.88. The highest BCUT2D eigenvalue weighted by Gasteiger charge is 2.31. The highest BCUT2D eigenvalue weighted by atomic mass is 79.9. The Morgan fingerprint density at radius 2 is 2.26 bits per heavy atom. The highest BCUT2D eigenvalue weighted by molar-refractivity contribution is 9.11. The van der Waals surface area contributed by atoms with Crippen molar-refractivity contribution in [3.8, 4) is 0 Å². The molecule has 1 saturated heterocycles. The van der Waals surface area contributed by atoms with Crippen molar-refractivity contribution >= 4 is 39.1 Å². The average molecular weight is 346 g/mol. The molecule has 1 fully saturated rings. The van der Waals surface area contributed by atoms with Gasteiger partial charge in [-0.3, -0.25) is 9.59 Å². The number of carbonyl (C=O) groups excluding carboxylic acids is 1. The number of hydrogen-bond acceptors (Lipinski definition) is 3. The molecule has 6 heteroatoms. The van der Waals surface area contributed by atoms with Crippen molar-refractivity contribution in [1.29, 1.82) is 0 Å². The minimum Gasteiger partial charge on any atom is -0.481 e. The van der Waals surface area contributed by atoms with Crippen LogP contribution in [0.5, 0.6) is 0 Å². The molecular formula is C13H16BrNO3S. The van der Waals surface area contributed by atoms with E-state index in [0.717, 1.165) is 15.1 Å². The van der Waals surface area contributed by atoms with E-state index in [1.165, 1.54) is 0 Å². The lowest BCUT2D eigenvalue weighted by Crippen LogP contribution is -2.43. The number of aliphatic carboxylic acids is 1. The van der Waals surface area contributed by atoms with Crippen molar-refractivity contribution in [2.75, 3.05) is 13.1 Å². The summed E-state index contributed by atoms with van der Waals surface area (Å²) in [6.07, 6.45) is 1.43. The van der Waals surface area contributed by atoms with E-state index in [4.69, 9.17) is 5.11 Å². The Bertz CT molecular complexity index is 488. The van der Waals surface area contributed by atoms with E-state index in [-0.39, 0.29) is 11.8 Å². The number of nitrogens with zero attached hydrogens (tertiary/aromatic N) is 1. The van der Waals surface area contributed by atoms with Crippen molar-refractivity contribution in [3.63, 3.8) is 0 Å². The molecule has 2 heterocycles. The summed E-state index contributed by atoms with van der Waals surface area (Å²) in [4.78, 5) is 26.1. The predicted octanol–water partition coefficient (Wildman–Crippen LogP) is 2.94. The van der Waals surface area contributed by atoms with E-state index in [0.29, 0.717) is 19.5 Å². The van der Waals surface area contributed by atoms with Gasteiger partial charge in [-0.15, -0.1) is 11.3 Å². The molecular weight excluding hydrogens is 330 g/mol. The van der Waals surface area contributed by atoms with Gasteiger partial charge in [0, 0.05) is 18.0 Å². The molecule has 19 heavy (non-hydrogen) atoms. The minimum absolute atomic E-state index is 0.0281. The summed E-state index contributed by atoms with van der Waals surface area (Å²) >= 11 is 4.94. The van der Waals surface area contributed by atoms with Crippen LogP contribution in [0, 0.1) is 5.92 Å². The number of likely N-dealkylation sites (tertiary alicyclic amines) is 1. The first kappa shape index (κ1) is 14.5. The number of thiophene rings is 1. The molecule has 0 spiro atoms. The zero-order chi connectivity index (χ0) is 14.0. The summed E-state index contributed by atoms with van der Waals surface area (Å²) in [5.74, 6) is -1.40. The SMILES string of the molecule is CC(C(=O)N1CCC[C@H](C(=O)O)C1)c1ccc(Br)s1. The van der Waals surface area contributed by atoms with Crippen LogP contribution in [0.3, 0.4) is 0 Å². The number of carbonyl (C=O) groups is 2. The maximum Gasteiger partial charge on any atom is 0.308 e. The van der Waals surface area contributed by atoms with Gasteiger partial charge < -0.3 is 10.0 Å². The second kappa shape index (κ2) is 6.05. The van der Waals surface area contributed by atoms with Gasteiger partial charge in [0.25, 0.3) is 0 Å². The van der Waals surface area contributed by atoms with Crippen LogP contribution in [0.2, 0.25) is 0 Å². The third-order valence-corrected chi connectivity index (χ3v) is 5.28. The number of amides is 1. The molecule has 4 nitrogen and oxygen atoms in total. The normalized spacial score (nSPS) is 21.2. The first-order valence-electron chi connectivity index (χ1n) is 6.26. The van der Waals surface area contributed by atoms with Crippen molar-refractivity contribution in [2.45, 2.75) is 25.7 Å². The quantitative estimate of drug-likeness (QED) is 0.916. The topological polar surface area (TPSA) is 57.6 Å². The molecule has 0 aliphatic carbocycles. The molecule has 0 bridgehead atoms. The zero-order valence-electron chi connectivity index (χ0n) is 10.6. The summed E-state index contributed by atoms with van der Waals surface area (Å²) < 4.78 is 1.00. The molecule has 2 atom stereocenters. The van der Waals surface area contributed by atoms with Gasteiger partial charge >= 0.3 is 5.97 Å². The van der Waals surface area contributed by atoms with Crippen LogP contribution < -0.4 is 0 Å².